The fourth-order valence-corrected chi connectivity index (χ4v) is 1.67. The Morgan fingerprint density at radius 2 is 1.40 bits per heavy atom. The number of alkyl halides is 6. The second-order valence-corrected chi connectivity index (χ2v) is 4.17. The van der Waals surface area contributed by atoms with Crippen LogP contribution in [0.2, 0.25) is 0 Å². The van der Waals surface area contributed by atoms with Crippen LogP contribution in [0.15, 0.2) is 30.5 Å². The quantitative estimate of drug-likeness (QED) is 0.723. The zero-order valence-electron chi connectivity index (χ0n) is 10.0. The van der Waals surface area contributed by atoms with Gasteiger partial charge in [0.15, 0.2) is 0 Å². The number of aromatic nitrogens is 2. The summed E-state index contributed by atoms with van der Waals surface area (Å²) >= 11 is 0. The van der Waals surface area contributed by atoms with Crippen LogP contribution in [-0.4, -0.2) is 9.78 Å². The van der Waals surface area contributed by atoms with E-state index in [1.807, 2.05) is 0 Å². The summed E-state index contributed by atoms with van der Waals surface area (Å²) in [5.41, 5.74) is -2.89. The van der Waals surface area contributed by atoms with E-state index in [1.165, 1.54) is 24.0 Å². The van der Waals surface area contributed by atoms with E-state index in [4.69, 9.17) is 0 Å². The van der Waals surface area contributed by atoms with Crippen molar-refractivity contribution in [1.29, 1.82) is 0 Å². The smallest absolute Gasteiger partial charge is 0.275 e. The predicted octanol–water partition coefficient (Wildman–Crippen LogP) is 4.12. The number of aryl methyl sites for hydroxylation is 1. The van der Waals surface area contributed by atoms with E-state index in [1.54, 1.807) is 0 Å². The lowest BCUT2D eigenvalue weighted by molar-refractivity contribution is -0.143. The molecule has 0 saturated carbocycles. The van der Waals surface area contributed by atoms with Gasteiger partial charge in [-0.15, -0.1) is 0 Å². The van der Waals surface area contributed by atoms with E-state index in [-0.39, 0.29) is 17.3 Å². The van der Waals surface area contributed by atoms with Gasteiger partial charge in [0.05, 0.1) is 16.8 Å². The van der Waals surface area contributed by atoms with Gasteiger partial charge in [-0.3, -0.25) is 4.68 Å². The highest BCUT2D eigenvalue weighted by Gasteiger charge is 2.37. The molecule has 1 heterocycles. The van der Waals surface area contributed by atoms with Crippen LogP contribution in [0.1, 0.15) is 11.1 Å². The van der Waals surface area contributed by atoms with Crippen molar-refractivity contribution in [3.05, 3.63) is 41.6 Å². The molecule has 8 heteroatoms. The molecule has 20 heavy (non-hydrogen) atoms. The number of hydrogen-bond acceptors (Lipinski definition) is 1. The van der Waals surface area contributed by atoms with Crippen molar-refractivity contribution in [2.75, 3.05) is 0 Å². The van der Waals surface area contributed by atoms with E-state index in [9.17, 15) is 26.3 Å². The highest BCUT2D eigenvalue weighted by atomic mass is 19.4. The average molecular weight is 294 g/mol. The van der Waals surface area contributed by atoms with Gasteiger partial charge >= 0.3 is 12.4 Å². The number of rotatable bonds is 1. The van der Waals surface area contributed by atoms with Crippen LogP contribution in [0.25, 0.3) is 11.3 Å². The van der Waals surface area contributed by atoms with Gasteiger partial charge in [-0.05, 0) is 24.3 Å². The second-order valence-electron chi connectivity index (χ2n) is 4.17. The molecule has 2 rings (SSSR count). The van der Waals surface area contributed by atoms with Crippen LogP contribution < -0.4 is 0 Å². The Balaban J connectivity index is 2.63. The van der Waals surface area contributed by atoms with Crippen LogP contribution in [0.3, 0.4) is 0 Å². The standard InChI is InChI=1S/C12H8F6N2/c1-20-3-2-10(19-20)7-4-8(11(13,14)15)6-9(5-7)12(16,17)18/h2-6H,1H3. The fraction of sp³-hybridized carbons (Fsp3) is 0.250. The Morgan fingerprint density at radius 3 is 1.75 bits per heavy atom. The Bertz CT molecular complexity index is 591. The van der Waals surface area contributed by atoms with Crippen molar-refractivity contribution < 1.29 is 26.3 Å². The van der Waals surface area contributed by atoms with Gasteiger partial charge in [-0.2, -0.15) is 31.4 Å². The molecule has 108 valence electrons. The lowest BCUT2D eigenvalue weighted by Crippen LogP contribution is -2.11. The summed E-state index contributed by atoms with van der Waals surface area (Å²) in [6, 6.07) is 2.73. The molecule has 0 atom stereocenters. The van der Waals surface area contributed by atoms with Crippen molar-refractivity contribution in [3.8, 4) is 11.3 Å². The molecule has 1 aromatic heterocycles. The topological polar surface area (TPSA) is 17.8 Å². The molecule has 2 aromatic rings. The number of halogens is 6. The maximum absolute atomic E-state index is 12.7. The third-order valence-electron chi connectivity index (χ3n) is 2.60. The molecule has 0 fully saturated rings. The van der Waals surface area contributed by atoms with Gasteiger partial charge in [-0.1, -0.05) is 0 Å². The summed E-state index contributed by atoms with van der Waals surface area (Å²) in [5, 5.41) is 3.81. The van der Waals surface area contributed by atoms with Crippen LogP contribution in [0.5, 0.6) is 0 Å². The lowest BCUT2D eigenvalue weighted by atomic mass is 10.0. The molecule has 0 spiro atoms. The third kappa shape index (κ3) is 2.94. The highest BCUT2D eigenvalue weighted by Crippen LogP contribution is 2.38. The zero-order chi connectivity index (χ0) is 15.1. The molecular formula is C12H8F6N2. The molecule has 0 unspecified atom stereocenters. The van der Waals surface area contributed by atoms with Crippen molar-refractivity contribution in [3.63, 3.8) is 0 Å². The highest BCUT2D eigenvalue weighted by molar-refractivity contribution is 5.61. The Hall–Kier alpha value is -1.99. The first-order valence-electron chi connectivity index (χ1n) is 5.37. The Labute approximate surface area is 109 Å². The zero-order valence-corrected chi connectivity index (χ0v) is 10.0. The monoisotopic (exact) mass is 294 g/mol. The average Bonchev–Trinajstić information content (AvgIpc) is 2.73. The van der Waals surface area contributed by atoms with Crippen molar-refractivity contribution in [2.24, 2.45) is 7.05 Å². The van der Waals surface area contributed by atoms with Gasteiger partial charge < -0.3 is 0 Å². The molecular weight excluding hydrogens is 286 g/mol. The molecule has 0 radical (unpaired) electrons. The van der Waals surface area contributed by atoms with E-state index >= 15 is 0 Å². The molecule has 2 nitrogen and oxygen atoms in total. The van der Waals surface area contributed by atoms with E-state index in [2.05, 4.69) is 5.10 Å². The molecule has 0 saturated heterocycles. The largest absolute Gasteiger partial charge is 0.416 e. The number of nitrogens with zero attached hydrogens (tertiary/aromatic N) is 2. The molecule has 0 aliphatic carbocycles. The van der Waals surface area contributed by atoms with Gasteiger partial charge in [0.2, 0.25) is 0 Å². The molecule has 0 aliphatic heterocycles. The van der Waals surface area contributed by atoms with Gasteiger partial charge in [-0.25, -0.2) is 0 Å². The van der Waals surface area contributed by atoms with Crippen molar-refractivity contribution >= 4 is 0 Å². The summed E-state index contributed by atoms with van der Waals surface area (Å²) in [6.45, 7) is 0. The van der Waals surface area contributed by atoms with Crippen molar-refractivity contribution in [2.45, 2.75) is 12.4 Å². The maximum atomic E-state index is 12.7. The fourth-order valence-electron chi connectivity index (χ4n) is 1.67. The van der Waals surface area contributed by atoms with Gasteiger partial charge in [0.1, 0.15) is 0 Å². The first-order valence-corrected chi connectivity index (χ1v) is 5.37. The number of hydrogen-bond donors (Lipinski definition) is 0. The maximum Gasteiger partial charge on any atom is 0.416 e. The first kappa shape index (κ1) is 14.4. The minimum absolute atomic E-state index is 0.0455. The molecule has 0 amide bonds. The SMILES string of the molecule is Cn1ccc(-c2cc(C(F)(F)F)cc(C(F)(F)F)c2)n1. The first-order chi connectivity index (χ1) is 9.07. The normalized spacial score (nSPS) is 12.8. The van der Waals surface area contributed by atoms with E-state index < -0.39 is 23.5 Å². The second kappa shape index (κ2) is 4.53. The molecule has 0 bridgehead atoms. The minimum atomic E-state index is -4.86. The van der Waals surface area contributed by atoms with E-state index in [0.29, 0.717) is 12.1 Å². The lowest BCUT2D eigenvalue weighted by Gasteiger charge is -2.13. The van der Waals surface area contributed by atoms with Gasteiger partial charge in [0, 0.05) is 18.8 Å². The van der Waals surface area contributed by atoms with Crippen LogP contribution >= 0.6 is 0 Å². The Morgan fingerprint density at radius 1 is 0.900 bits per heavy atom. The van der Waals surface area contributed by atoms with Crippen LogP contribution in [-0.2, 0) is 19.4 Å². The predicted molar refractivity (Wildman–Crippen MR) is 58.6 cm³/mol. The van der Waals surface area contributed by atoms with Crippen molar-refractivity contribution in [1.82, 2.24) is 9.78 Å². The molecule has 1 aromatic carbocycles. The summed E-state index contributed by atoms with van der Waals surface area (Å²) in [4.78, 5) is 0. The molecule has 0 aliphatic rings. The third-order valence-corrected chi connectivity index (χ3v) is 2.60. The number of benzene rings is 1. The minimum Gasteiger partial charge on any atom is -0.275 e. The molecule has 0 N–H and O–H groups in total. The van der Waals surface area contributed by atoms with E-state index in [0.717, 1.165) is 0 Å². The summed E-state index contributed by atoms with van der Waals surface area (Å²) < 4.78 is 77.3. The van der Waals surface area contributed by atoms with Crippen LogP contribution in [0.4, 0.5) is 26.3 Å². The summed E-state index contributed by atoms with van der Waals surface area (Å²) in [6.07, 6.45) is -8.28. The summed E-state index contributed by atoms with van der Waals surface area (Å²) in [7, 11) is 1.52. The summed E-state index contributed by atoms with van der Waals surface area (Å²) in [5.74, 6) is 0. The Kier molecular flexibility index (Phi) is 3.27. The van der Waals surface area contributed by atoms with Gasteiger partial charge in [0.25, 0.3) is 0 Å². The van der Waals surface area contributed by atoms with Crippen LogP contribution in [0, 0.1) is 0 Å².